The quantitative estimate of drug-likeness (QED) is 0.820. The maximum atomic E-state index is 11.7. The molecule has 0 aliphatic carbocycles. The lowest BCUT2D eigenvalue weighted by Gasteiger charge is -2.17. The SMILES string of the molecule is CCCN(C)C(=O)CNc1cc(Cl)c(Cl)cc1O. The molecule has 0 aliphatic rings. The molecule has 0 fully saturated rings. The molecular weight excluding hydrogens is 275 g/mol. The number of amides is 1. The Kier molecular flexibility index (Phi) is 5.56. The van der Waals surface area contributed by atoms with Gasteiger partial charge in [0.1, 0.15) is 5.75 Å². The summed E-state index contributed by atoms with van der Waals surface area (Å²) >= 11 is 11.6. The van der Waals surface area contributed by atoms with Gasteiger partial charge in [0.25, 0.3) is 0 Å². The van der Waals surface area contributed by atoms with E-state index in [0.29, 0.717) is 17.3 Å². The van der Waals surface area contributed by atoms with Crippen molar-refractivity contribution in [1.82, 2.24) is 4.90 Å². The van der Waals surface area contributed by atoms with E-state index in [1.165, 1.54) is 12.1 Å². The van der Waals surface area contributed by atoms with Crippen LogP contribution < -0.4 is 5.32 Å². The van der Waals surface area contributed by atoms with Crippen molar-refractivity contribution >= 4 is 34.8 Å². The molecule has 4 nitrogen and oxygen atoms in total. The normalized spacial score (nSPS) is 10.2. The summed E-state index contributed by atoms with van der Waals surface area (Å²) in [6.07, 6.45) is 0.903. The molecule has 6 heteroatoms. The van der Waals surface area contributed by atoms with Crippen molar-refractivity contribution in [2.45, 2.75) is 13.3 Å². The van der Waals surface area contributed by atoms with E-state index in [0.717, 1.165) is 6.42 Å². The van der Waals surface area contributed by atoms with Gasteiger partial charge in [0.05, 0.1) is 22.3 Å². The van der Waals surface area contributed by atoms with Crippen LogP contribution in [0.2, 0.25) is 10.0 Å². The van der Waals surface area contributed by atoms with Crippen LogP contribution in [0.4, 0.5) is 5.69 Å². The minimum atomic E-state index is -0.0534. The van der Waals surface area contributed by atoms with Crippen LogP contribution in [0.25, 0.3) is 0 Å². The molecule has 0 spiro atoms. The van der Waals surface area contributed by atoms with E-state index in [-0.39, 0.29) is 23.2 Å². The van der Waals surface area contributed by atoms with Gasteiger partial charge >= 0.3 is 0 Å². The summed E-state index contributed by atoms with van der Waals surface area (Å²) in [6.45, 7) is 2.80. The molecule has 1 aromatic rings. The van der Waals surface area contributed by atoms with Crippen molar-refractivity contribution in [1.29, 1.82) is 0 Å². The predicted octanol–water partition coefficient (Wildman–Crippen LogP) is 2.98. The first-order valence-corrected chi connectivity index (χ1v) is 6.37. The highest BCUT2D eigenvalue weighted by atomic mass is 35.5. The van der Waals surface area contributed by atoms with Crippen LogP contribution in [0.3, 0.4) is 0 Å². The fraction of sp³-hybridized carbons (Fsp3) is 0.417. The number of benzene rings is 1. The van der Waals surface area contributed by atoms with Gasteiger partial charge in [-0.05, 0) is 12.5 Å². The van der Waals surface area contributed by atoms with Gasteiger partial charge < -0.3 is 15.3 Å². The van der Waals surface area contributed by atoms with E-state index >= 15 is 0 Å². The van der Waals surface area contributed by atoms with E-state index in [9.17, 15) is 9.90 Å². The van der Waals surface area contributed by atoms with Crippen LogP contribution in [-0.4, -0.2) is 36.1 Å². The standard InChI is InChI=1S/C12H16Cl2N2O2/c1-3-4-16(2)12(18)7-15-10-5-8(13)9(14)6-11(10)17/h5-6,15,17H,3-4,7H2,1-2H3. The zero-order chi connectivity index (χ0) is 13.7. The Hall–Kier alpha value is -1.13. The van der Waals surface area contributed by atoms with Crippen molar-refractivity contribution < 1.29 is 9.90 Å². The van der Waals surface area contributed by atoms with E-state index < -0.39 is 0 Å². The number of anilines is 1. The first-order valence-electron chi connectivity index (χ1n) is 5.61. The third-order valence-electron chi connectivity index (χ3n) is 2.45. The fourth-order valence-corrected chi connectivity index (χ4v) is 1.77. The molecular formula is C12H16Cl2N2O2. The topological polar surface area (TPSA) is 52.6 Å². The van der Waals surface area contributed by atoms with Crippen LogP contribution >= 0.6 is 23.2 Å². The predicted molar refractivity (Wildman–Crippen MR) is 74.5 cm³/mol. The number of hydrogen-bond donors (Lipinski definition) is 2. The summed E-state index contributed by atoms with van der Waals surface area (Å²) in [5, 5.41) is 13.1. The molecule has 100 valence electrons. The maximum absolute atomic E-state index is 11.7. The number of phenols is 1. The minimum Gasteiger partial charge on any atom is -0.506 e. The third-order valence-corrected chi connectivity index (χ3v) is 3.18. The van der Waals surface area contributed by atoms with Gasteiger partial charge in [-0.15, -0.1) is 0 Å². The molecule has 0 aromatic heterocycles. The highest BCUT2D eigenvalue weighted by Gasteiger charge is 2.10. The monoisotopic (exact) mass is 290 g/mol. The van der Waals surface area contributed by atoms with Crippen molar-refractivity contribution in [2.75, 3.05) is 25.5 Å². The summed E-state index contributed by atoms with van der Waals surface area (Å²) in [7, 11) is 1.74. The number of carbonyl (C=O) groups is 1. The average Bonchev–Trinajstić information content (AvgIpc) is 2.32. The zero-order valence-electron chi connectivity index (χ0n) is 10.3. The summed E-state index contributed by atoms with van der Waals surface area (Å²) in [6, 6.07) is 2.83. The molecule has 0 aliphatic heterocycles. The summed E-state index contributed by atoms with van der Waals surface area (Å²) < 4.78 is 0. The smallest absolute Gasteiger partial charge is 0.241 e. The Morgan fingerprint density at radius 2 is 2.00 bits per heavy atom. The molecule has 2 N–H and O–H groups in total. The Labute approximate surface area is 116 Å². The average molecular weight is 291 g/mol. The van der Waals surface area contributed by atoms with Gasteiger partial charge in [0, 0.05) is 19.7 Å². The second-order valence-corrected chi connectivity index (χ2v) is 4.77. The number of likely N-dealkylation sites (N-methyl/N-ethyl adjacent to an activating group) is 1. The largest absolute Gasteiger partial charge is 0.506 e. The number of nitrogens with zero attached hydrogens (tertiary/aromatic N) is 1. The highest BCUT2D eigenvalue weighted by molar-refractivity contribution is 6.42. The van der Waals surface area contributed by atoms with E-state index in [2.05, 4.69) is 5.32 Å². The lowest BCUT2D eigenvalue weighted by atomic mass is 10.3. The van der Waals surface area contributed by atoms with E-state index in [4.69, 9.17) is 23.2 Å². The van der Waals surface area contributed by atoms with Gasteiger partial charge in [-0.3, -0.25) is 4.79 Å². The first kappa shape index (κ1) is 14.9. The van der Waals surface area contributed by atoms with Crippen LogP contribution in [0.5, 0.6) is 5.75 Å². The van der Waals surface area contributed by atoms with Crippen LogP contribution in [0.15, 0.2) is 12.1 Å². The number of nitrogens with one attached hydrogen (secondary N) is 1. The molecule has 0 radical (unpaired) electrons. The number of halogens is 2. The van der Waals surface area contributed by atoms with Gasteiger partial charge in [-0.2, -0.15) is 0 Å². The van der Waals surface area contributed by atoms with Crippen molar-refractivity contribution in [3.05, 3.63) is 22.2 Å². The Morgan fingerprint density at radius 1 is 1.39 bits per heavy atom. The molecule has 0 bridgehead atoms. The van der Waals surface area contributed by atoms with Gasteiger partial charge in [0.15, 0.2) is 0 Å². The zero-order valence-corrected chi connectivity index (χ0v) is 11.8. The molecule has 1 rings (SSSR count). The fourth-order valence-electron chi connectivity index (χ4n) is 1.44. The summed E-state index contributed by atoms with van der Waals surface area (Å²) in [5.74, 6) is -0.0855. The maximum Gasteiger partial charge on any atom is 0.241 e. The number of rotatable bonds is 5. The second-order valence-electron chi connectivity index (χ2n) is 3.95. The summed E-state index contributed by atoms with van der Waals surface area (Å²) in [4.78, 5) is 13.3. The molecule has 0 saturated carbocycles. The first-order chi connectivity index (χ1) is 8.45. The van der Waals surface area contributed by atoms with Crippen molar-refractivity contribution in [3.8, 4) is 5.75 Å². The van der Waals surface area contributed by atoms with Gasteiger partial charge in [-0.1, -0.05) is 30.1 Å². The Morgan fingerprint density at radius 3 is 2.61 bits per heavy atom. The Balaban J connectivity index is 2.64. The molecule has 0 saturated heterocycles. The number of aromatic hydroxyl groups is 1. The van der Waals surface area contributed by atoms with Crippen LogP contribution in [0, 0.1) is 0 Å². The minimum absolute atomic E-state index is 0.0321. The third kappa shape index (κ3) is 3.96. The number of carbonyl (C=O) groups excluding carboxylic acids is 1. The number of hydrogen-bond acceptors (Lipinski definition) is 3. The highest BCUT2D eigenvalue weighted by Crippen LogP contribution is 2.33. The molecule has 1 amide bonds. The molecule has 18 heavy (non-hydrogen) atoms. The molecule has 0 atom stereocenters. The van der Waals surface area contributed by atoms with Crippen molar-refractivity contribution in [2.24, 2.45) is 0 Å². The van der Waals surface area contributed by atoms with E-state index in [1.54, 1.807) is 11.9 Å². The van der Waals surface area contributed by atoms with Crippen LogP contribution in [-0.2, 0) is 4.79 Å². The molecule has 1 aromatic carbocycles. The van der Waals surface area contributed by atoms with Crippen molar-refractivity contribution in [3.63, 3.8) is 0 Å². The summed E-state index contributed by atoms with van der Waals surface area (Å²) in [5.41, 5.74) is 0.391. The van der Waals surface area contributed by atoms with Crippen LogP contribution in [0.1, 0.15) is 13.3 Å². The number of phenolic OH excluding ortho intramolecular Hbond substituents is 1. The van der Waals surface area contributed by atoms with Gasteiger partial charge in [0.2, 0.25) is 5.91 Å². The van der Waals surface area contributed by atoms with E-state index in [1.807, 2.05) is 6.92 Å². The van der Waals surface area contributed by atoms with Gasteiger partial charge in [-0.25, -0.2) is 0 Å². The lowest BCUT2D eigenvalue weighted by Crippen LogP contribution is -2.32. The molecule has 0 unspecified atom stereocenters. The second kappa shape index (κ2) is 6.71. The lowest BCUT2D eigenvalue weighted by molar-refractivity contribution is -0.128. The Bertz CT molecular complexity index is 438. The molecule has 0 heterocycles.